The molecule has 3 heteroatoms. The second-order valence-corrected chi connectivity index (χ2v) is 3.42. The van der Waals surface area contributed by atoms with Gasteiger partial charge in [-0.2, -0.15) is 0 Å². The molecule has 0 spiro atoms. The van der Waals surface area contributed by atoms with Crippen LogP contribution < -0.4 is 0 Å². The standard InChI is InChI=1S/C10H19FO2/c1-2-3-4-10(13)6-5-9(7-11)8-12/h8-10,13H,2-7H2,1H3. The minimum absolute atomic E-state index is 0.367. The van der Waals surface area contributed by atoms with Crippen molar-refractivity contribution in [3.8, 4) is 0 Å². The van der Waals surface area contributed by atoms with Crippen molar-refractivity contribution in [2.45, 2.75) is 45.1 Å². The molecule has 1 N–H and O–H groups in total. The molecule has 78 valence electrons. The molecule has 2 unspecified atom stereocenters. The summed E-state index contributed by atoms with van der Waals surface area (Å²) in [6.07, 6.45) is 4.06. The summed E-state index contributed by atoms with van der Waals surface area (Å²) in [6.45, 7) is 1.45. The summed E-state index contributed by atoms with van der Waals surface area (Å²) in [5, 5.41) is 9.38. The van der Waals surface area contributed by atoms with Gasteiger partial charge in [0.15, 0.2) is 0 Å². The number of aliphatic hydroxyl groups excluding tert-OH is 1. The maximum absolute atomic E-state index is 12.0. The highest BCUT2D eigenvalue weighted by molar-refractivity contribution is 5.53. The summed E-state index contributed by atoms with van der Waals surface area (Å²) in [5.74, 6) is -0.517. The smallest absolute Gasteiger partial charge is 0.125 e. The average Bonchev–Trinajstić information content (AvgIpc) is 2.16. The number of alkyl halides is 1. The van der Waals surface area contributed by atoms with Gasteiger partial charge in [-0.3, -0.25) is 4.39 Å². The van der Waals surface area contributed by atoms with Crippen molar-refractivity contribution in [3.63, 3.8) is 0 Å². The fourth-order valence-electron chi connectivity index (χ4n) is 1.17. The van der Waals surface area contributed by atoms with Crippen molar-refractivity contribution in [2.75, 3.05) is 6.67 Å². The fraction of sp³-hybridized carbons (Fsp3) is 0.900. The number of aldehydes is 1. The van der Waals surface area contributed by atoms with Crippen LogP contribution in [0, 0.1) is 5.92 Å². The summed E-state index contributed by atoms with van der Waals surface area (Å²) in [5.41, 5.74) is 0. The molecule has 13 heavy (non-hydrogen) atoms. The van der Waals surface area contributed by atoms with E-state index in [1.807, 2.05) is 0 Å². The van der Waals surface area contributed by atoms with Gasteiger partial charge in [0.2, 0.25) is 0 Å². The Morgan fingerprint density at radius 1 is 1.38 bits per heavy atom. The Balaban J connectivity index is 3.43. The summed E-state index contributed by atoms with van der Waals surface area (Å²) in [4.78, 5) is 10.2. The molecule has 0 aliphatic heterocycles. The molecule has 0 saturated heterocycles. The van der Waals surface area contributed by atoms with Gasteiger partial charge in [-0.15, -0.1) is 0 Å². The molecular formula is C10H19FO2. The molecule has 0 amide bonds. The molecule has 2 nitrogen and oxygen atoms in total. The Morgan fingerprint density at radius 3 is 2.54 bits per heavy atom. The summed E-state index contributed by atoms with van der Waals surface area (Å²) in [7, 11) is 0. The number of aliphatic hydroxyl groups is 1. The second-order valence-electron chi connectivity index (χ2n) is 3.42. The molecule has 0 aromatic rings. The molecule has 0 aromatic carbocycles. The Labute approximate surface area is 79.1 Å². The van der Waals surface area contributed by atoms with Gasteiger partial charge >= 0.3 is 0 Å². The number of unbranched alkanes of at least 4 members (excludes halogenated alkanes) is 1. The largest absolute Gasteiger partial charge is 0.393 e. The zero-order valence-corrected chi connectivity index (χ0v) is 8.21. The summed E-state index contributed by atoms with van der Waals surface area (Å²) >= 11 is 0. The van der Waals surface area contributed by atoms with E-state index in [0.717, 1.165) is 19.3 Å². The highest BCUT2D eigenvalue weighted by Gasteiger charge is 2.10. The lowest BCUT2D eigenvalue weighted by atomic mass is 10.0. The predicted octanol–water partition coefficient (Wildman–Crippen LogP) is 2.10. The third-order valence-electron chi connectivity index (χ3n) is 2.15. The van der Waals surface area contributed by atoms with E-state index in [-0.39, 0.29) is 6.10 Å². The molecule has 0 heterocycles. The van der Waals surface area contributed by atoms with Crippen LogP contribution in [0.2, 0.25) is 0 Å². The molecule has 0 aromatic heterocycles. The van der Waals surface area contributed by atoms with Crippen LogP contribution in [0.5, 0.6) is 0 Å². The lowest BCUT2D eigenvalue weighted by Crippen LogP contribution is -2.11. The van der Waals surface area contributed by atoms with E-state index >= 15 is 0 Å². The highest BCUT2D eigenvalue weighted by Crippen LogP contribution is 2.11. The minimum Gasteiger partial charge on any atom is -0.393 e. The van der Waals surface area contributed by atoms with Gasteiger partial charge in [-0.1, -0.05) is 19.8 Å². The first-order valence-corrected chi connectivity index (χ1v) is 4.93. The Bertz CT molecular complexity index is 128. The SMILES string of the molecule is CCCCC(O)CCC(C=O)CF. The Morgan fingerprint density at radius 2 is 2.08 bits per heavy atom. The fourth-order valence-corrected chi connectivity index (χ4v) is 1.17. The first-order valence-electron chi connectivity index (χ1n) is 4.93. The lowest BCUT2D eigenvalue weighted by Gasteiger charge is -2.11. The molecule has 0 radical (unpaired) electrons. The third kappa shape index (κ3) is 6.70. The first-order chi connectivity index (χ1) is 6.24. The predicted molar refractivity (Wildman–Crippen MR) is 50.3 cm³/mol. The van der Waals surface area contributed by atoms with Crippen LogP contribution in [0.4, 0.5) is 4.39 Å². The van der Waals surface area contributed by atoms with Gasteiger partial charge in [0.25, 0.3) is 0 Å². The Kier molecular flexibility index (Phi) is 7.90. The average molecular weight is 190 g/mol. The van der Waals surface area contributed by atoms with E-state index in [2.05, 4.69) is 6.92 Å². The van der Waals surface area contributed by atoms with Gasteiger partial charge in [0, 0.05) is 5.92 Å². The van der Waals surface area contributed by atoms with Gasteiger partial charge < -0.3 is 9.90 Å². The van der Waals surface area contributed by atoms with Crippen LogP contribution in [-0.2, 0) is 4.79 Å². The topological polar surface area (TPSA) is 37.3 Å². The molecule has 2 atom stereocenters. The highest BCUT2D eigenvalue weighted by atomic mass is 19.1. The van der Waals surface area contributed by atoms with Gasteiger partial charge in [0.1, 0.15) is 6.29 Å². The van der Waals surface area contributed by atoms with Crippen molar-refractivity contribution in [1.29, 1.82) is 0 Å². The van der Waals surface area contributed by atoms with E-state index in [0.29, 0.717) is 19.1 Å². The van der Waals surface area contributed by atoms with E-state index < -0.39 is 12.6 Å². The second kappa shape index (κ2) is 8.17. The molecule has 0 fully saturated rings. The van der Waals surface area contributed by atoms with Crippen molar-refractivity contribution in [3.05, 3.63) is 0 Å². The molecule has 0 aliphatic carbocycles. The number of carbonyl (C=O) groups excluding carboxylic acids is 1. The van der Waals surface area contributed by atoms with Crippen LogP contribution in [-0.4, -0.2) is 24.2 Å². The van der Waals surface area contributed by atoms with Crippen LogP contribution in [0.15, 0.2) is 0 Å². The molecular weight excluding hydrogens is 171 g/mol. The Hall–Kier alpha value is -0.440. The van der Waals surface area contributed by atoms with Crippen LogP contribution >= 0.6 is 0 Å². The van der Waals surface area contributed by atoms with Gasteiger partial charge in [0.05, 0.1) is 12.8 Å². The van der Waals surface area contributed by atoms with Crippen molar-refractivity contribution < 1.29 is 14.3 Å². The van der Waals surface area contributed by atoms with Crippen LogP contribution in [0.3, 0.4) is 0 Å². The molecule has 0 saturated carbocycles. The number of halogens is 1. The van der Waals surface area contributed by atoms with Crippen molar-refractivity contribution >= 4 is 6.29 Å². The number of rotatable bonds is 8. The monoisotopic (exact) mass is 190 g/mol. The van der Waals surface area contributed by atoms with Gasteiger partial charge in [-0.25, -0.2) is 0 Å². The molecule has 0 aliphatic rings. The minimum atomic E-state index is -0.607. The molecule has 0 bridgehead atoms. The zero-order valence-electron chi connectivity index (χ0n) is 8.21. The van der Waals surface area contributed by atoms with Gasteiger partial charge in [-0.05, 0) is 19.3 Å². The van der Waals surface area contributed by atoms with Crippen molar-refractivity contribution in [2.24, 2.45) is 5.92 Å². The maximum Gasteiger partial charge on any atom is 0.125 e. The zero-order chi connectivity index (χ0) is 10.1. The third-order valence-corrected chi connectivity index (χ3v) is 2.15. The summed E-state index contributed by atoms with van der Waals surface area (Å²) in [6, 6.07) is 0. The summed E-state index contributed by atoms with van der Waals surface area (Å²) < 4.78 is 12.0. The van der Waals surface area contributed by atoms with E-state index in [1.165, 1.54) is 0 Å². The van der Waals surface area contributed by atoms with E-state index in [9.17, 15) is 14.3 Å². The first kappa shape index (κ1) is 12.6. The van der Waals surface area contributed by atoms with E-state index in [4.69, 9.17) is 0 Å². The number of hydrogen-bond acceptors (Lipinski definition) is 2. The van der Waals surface area contributed by atoms with E-state index in [1.54, 1.807) is 0 Å². The van der Waals surface area contributed by atoms with Crippen LogP contribution in [0.25, 0.3) is 0 Å². The number of carbonyl (C=O) groups is 1. The number of hydrogen-bond donors (Lipinski definition) is 1. The molecule has 0 rings (SSSR count). The normalized spacial score (nSPS) is 15.3. The quantitative estimate of drug-likeness (QED) is 0.595. The maximum atomic E-state index is 12.0. The van der Waals surface area contributed by atoms with Crippen LogP contribution in [0.1, 0.15) is 39.0 Å². The lowest BCUT2D eigenvalue weighted by molar-refractivity contribution is -0.111. The van der Waals surface area contributed by atoms with Crippen molar-refractivity contribution in [1.82, 2.24) is 0 Å².